The number of aromatic hydroxyl groups is 1. The normalized spacial score (nSPS) is 17.0. The smallest absolute Gasteiger partial charge is 0.230 e. The van der Waals surface area contributed by atoms with Gasteiger partial charge in [-0.1, -0.05) is 72.0 Å². The number of fused-ring (bicyclic) bond motifs is 1. The lowest BCUT2D eigenvalue weighted by molar-refractivity contribution is 0.150. The molecular weight excluding hydrogens is 380 g/mol. The maximum absolute atomic E-state index is 10.8. The van der Waals surface area contributed by atoms with E-state index in [0.29, 0.717) is 5.92 Å². The molecule has 5 nitrogen and oxygen atoms in total. The summed E-state index contributed by atoms with van der Waals surface area (Å²) in [5.41, 5.74) is 2.63. The monoisotopic (exact) mass is 404 g/mol. The number of piperidine rings is 1. The summed E-state index contributed by atoms with van der Waals surface area (Å²) in [4.78, 5) is 8.43. The van der Waals surface area contributed by atoms with Crippen LogP contribution in [-0.2, 0) is 6.42 Å². The van der Waals surface area contributed by atoms with Gasteiger partial charge in [0.15, 0.2) is 0 Å². The molecule has 0 unspecified atom stereocenters. The van der Waals surface area contributed by atoms with Gasteiger partial charge < -0.3 is 5.11 Å². The minimum absolute atomic E-state index is 0.0300. The molecule has 3 heterocycles. The van der Waals surface area contributed by atoms with Gasteiger partial charge in [-0.15, -0.1) is 0 Å². The molecule has 6 heteroatoms. The zero-order valence-electron chi connectivity index (χ0n) is 16.2. The molecule has 1 aliphatic heterocycles. The zero-order chi connectivity index (χ0) is 19.6. The Balaban J connectivity index is 1.39. The zero-order valence-corrected chi connectivity index (χ0v) is 17.0. The second-order valence-corrected chi connectivity index (χ2v) is 8.74. The lowest BCUT2D eigenvalue weighted by Gasteiger charge is -2.37. The van der Waals surface area contributed by atoms with Gasteiger partial charge in [-0.05, 0) is 49.4 Å². The minimum atomic E-state index is 0.0300. The van der Waals surface area contributed by atoms with Crippen LogP contribution in [0.5, 0.6) is 5.88 Å². The molecular formula is C23H24N4OS. The maximum Gasteiger partial charge on any atom is 0.230 e. The van der Waals surface area contributed by atoms with E-state index in [1.807, 2.05) is 6.07 Å². The van der Waals surface area contributed by atoms with E-state index in [1.54, 1.807) is 0 Å². The number of likely N-dealkylation sites (tertiary alicyclic amines) is 1. The molecule has 0 spiro atoms. The highest BCUT2D eigenvalue weighted by atomic mass is 32.1. The molecule has 1 saturated heterocycles. The van der Waals surface area contributed by atoms with Crippen LogP contribution in [0, 0.1) is 5.92 Å². The summed E-state index contributed by atoms with van der Waals surface area (Å²) in [5.74, 6) is 0.920. The minimum Gasteiger partial charge on any atom is -0.492 e. The van der Waals surface area contributed by atoms with Crippen LogP contribution in [0.2, 0.25) is 0 Å². The SMILES string of the molecule is Oc1c([C@@H](c2ccccc2)N2CCC(Cc3ccccc3)CC2)sc2ncnn12. The Morgan fingerprint density at radius 2 is 1.69 bits per heavy atom. The molecule has 1 atom stereocenters. The number of rotatable bonds is 5. The van der Waals surface area contributed by atoms with E-state index in [0.717, 1.165) is 29.3 Å². The van der Waals surface area contributed by atoms with Crippen LogP contribution in [0.3, 0.4) is 0 Å². The average molecular weight is 405 g/mol. The molecule has 29 heavy (non-hydrogen) atoms. The van der Waals surface area contributed by atoms with Crippen molar-refractivity contribution in [3.63, 3.8) is 0 Å². The Morgan fingerprint density at radius 3 is 2.38 bits per heavy atom. The van der Waals surface area contributed by atoms with Crippen molar-refractivity contribution in [3.05, 3.63) is 83.0 Å². The predicted octanol–water partition coefficient (Wildman–Crippen LogP) is 4.54. The highest BCUT2D eigenvalue weighted by Crippen LogP contribution is 2.41. The van der Waals surface area contributed by atoms with Crippen molar-refractivity contribution in [2.75, 3.05) is 13.1 Å². The Kier molecular flexibility index (Phi) is 5.04. The van der Waals surface area contributed by atoms with Gasteiger partial charge in [-0.25, -0.2) is 4.98 Å². The summed E-state index contributed by atoms with van der Waals surface area (Å²) in [6, 6.07) is 21.3. The van der Waals surface area contributed by atoms with Crippen molar-refractivity contribution in [3.8, 4) is 5.88 Å². The summed E-state index contributed by atoms with van der Waals surface area (Å²) in [5, 5.41) is 15.0. The van der Waals surface area contributed by atoms with Gasteiger partial charge in [-0.3, -0.25) is 4.90 Å². The molecule has 0 amide bonds. The molecule has 1 fully saturated rings. The summed E-state index contributed by atoms with van der Waals surface area (Å²) < 4.78 is 1.54. The van der Waals surface area contributed by atoms with Gasteiger partial charge in [-0.2, -0.15) is 9.61 Å². The standard InChI is InChI=1S/C23H24N4OS/c28-22-21(29-23-24-16-25-27(22)23)20(19-9-5-2-6-10-19)26-13-11-18(12-14-26)15-17-7-3-1-4-8-17/h1-10,16,18,20,28H,11-15H2/t20-/m1/s1. The lowest BCUT2D eigenvalue weighted by atomic mass is 9.89. The first-order valence-electron chi connectivity index (χ1n) is 10.1. The fourth-order valence-corrected chi connectivity index (χ4v) is 5.49. The molecule has 0 aliphatic carbocycles. The van der Waals surface area contributed by atoms with Crippen LogP contribution in [0.4, 0.5) is 0 Å². The van der Waals surface area contributed by atoms with Crippen molar-refractivity contribution in [2.24, 2.45) is 5.92 Å². The summed E-state index contributed by atoms with van der Waals surface area (Å²) in [7, 11) is 0. The Labute approximate surface area is 174 Å². The third-order valence-corrected chi connectivity index (χ3v) is 6.97. The van der Waals surface area contributed by atoms with Crippen LogP contribution in [-0.4, -0.2) is 37.7 Å². The number of aromatic nitrogens is 3. The van der Waals surface area contributed by atoms with Crippen molar-refractivity contribution >= 4 is 16.3 Å². The van der Waals surface area contributed by atoms with Crippen molar-refractivity contribution in [1.29, 1.82) is 0 Å². The second kappa shape index (κ2) is 7.97. The number of benzene rings is 2. The predicted molar refractivity (Wildman–Crippen MR) is 115 cm³/mol. The van der Waals surface area contributed by atoms with E-state index in [9.17, 15) is 5.11 Å². The van der Waals surface area contributed by atoms with E-state index in [2.05, 4.69) is 69.6 Å². The number of thiazole rings is 1. The summed E-state index contributed by atoms with van der Waals surface area (Å²) >= 11 is 1.53. The molecule has 2 aromatic heterocycles. The van der Waals surface area contributed by atoms with E-state index in [4.69, 9.17) is 0 Å². The Hall–Kier alpha value is -2.70. The van der Waals surface area contributed by atoms with E-state index < -0.39 is 0 Å². The highest BCUT2D eigenvalue weighted by Gasteiger charge is 2.31. The van der Waals surface area contributed by atoms with Crippen molar-refractivity contribution in [2.45, 2.75) is 25.3 Å². The van der Waals surface area contributed by atoms with Crippen molar-refractivity contribution < 1.29 is 5.11 Å². The van der Waals surface area contributed by atoms with Gasteiger partial charge in [0.2, 0.25) is 10.8 Å². The summed E-state index contributed by atoms with van der Waals surface area (Å²) in [6.07, 6.45) is 4.97. The van der Waals surface area contributed by atoms with Gasteiger partial charge in [0, 0.05) is 0 Å². The van der Waals surface area contributed by atoms with Crippen LogP contribution < -0.4 is 0 Å². The highest BCUT2D eigenvalue weighted by molar-refractivity contribution is 7.17. The lowest BCUT2D eigenvalue weighted by Crippen LogP contribution is -2.37. The van der Waals surface area contributed by atoms with Crippen LogP contribution in [0.25, 0.3) is 4.96 Å². The third kappa shape index (κ3) is 3.66. The number of nitrogens with zero attached hydrogens (tertiary/aromatic N) is 4. The first-order valence-corrected chi connectivity index (χ1v) is 11.0. The van der Waals surface area contributed by atoms with Gasteiger partial charge in [0.25, 0.3) is 0 Å². The fourth-order valence-electron chi connectivity index (χ4n) is 4.40. The number of hydrogen-bond donors (Lipinski definition) is 1. The molecule has 0 saturated carbocycles. The van der Waals surface area contributed by atoms with Gasteiger partial charge in [0.05, 0.1) is 10.9 Å². The topological polar surface area (TPSA) is 53.7 Å². The largest absolute Gasteiger partial charge is 0.492 e. The van der Waals surface area contributed by atoms with Crippen LogP contribution >= 0.6 is 11.3 Å². The van der Waals surface area contributed by atoms with E-state index in [1.165, 1.54) is 46.1 Å². The van der Waals surface area contributed by atoms with Crippen LogP contribution in [0.1, 0.15) is 34.9 Å². The molecule has 1 aliphatic rings. The van der Waals surface area contributed by atoms with Gasteiger partial charge >= 0.3 is 0 Å². The average Bonchev–Trinajstić information content (AvgIpc) is 3.35. The molecule has 2 aromatic carbocycles. The fraction of sp³-hybridized carbons (Fsp3) is 0.304. The third-order valence-electron chi connectivity index (χ3n) is 5.88. The maximum atomic E-state index is 10.8. The molecule has 0 bridgehead atoms. The molecule has 1 N–H and O–H groups in total. The molecule has 5 rings (SSSR count). The number of hydrogen-bond acceptors (Lipinski definition) is 5. The van der Waals surface area contributed by atoms with E-state index in [-0.39, 0.29) is 11.9 Å². The first-order chi connectivity index (χ1) is 14.3. The Morgan fingerprint density at radius 1 is 1.00 bits per heavy atom. The summed E-state index contributed by atoms with van der Waals surface area (Å²) in [6.45, 7) is 2.04. The Bertz CT molecular complexity index is 1070. The molecule has 148 valence electrons. The van der Waals surface area contributed by atoms with Crippen molar-refractivity contribution in [1.82, 2.24) is 19.5 Å². The van der Waals surface area contributed by atoms with E-state index >= 15 is 0 Å². The molecule has 4 aromatic rings. The molecule has 0 radical (unpaired) electrons. The van der Waals surface area contributed by atoms with Crippen LogP contribution in [0.15, 0.2) is 67.0 Å². The quantitative estimate of drug-likeness (QED) is 0.531. The van der Waals surface area contributed by atoms with Gasteiger partial charge in [0.1, 0.15) is 6.33 Å². The second-order valence-electron chi connectivity index (χ2n) is 7.73. The first kappa shape index (κ1) is 18.3.